The molecule has 5 rings (SSSR count). The standard InChI is InChI=1S/C37H44N2O2/c1-3-5-7-9-11-25-13-17-29-30-18-14-26(12-10-8-6-4-2)22-32(30)37(31(29)21-25,27-15-19-35(40)33(38)23-27)28-16-20-36(41)34(39)24-28/h13-24,40-41H,3-12,38-39H2,1-2H3. The third kappa shape index (κ3) is 5.40. The van der Waals surface area contributed by atoms with Crippen LogP contribution in [0.15, 0.2) is 72.8 Å². The number of rotatable bonds is 12. The molecule has 0 saturated carbocycles. The Bertz CT molecular complexity index is 1410. The van der Waals surface area contributed by atoms with Gasteiger partial charge in [-0.05, 0) is 94.5 Å². The van der Waals surface area contributed by atoms with Crippen molar-refractivity contribution in [3.05, 3.63) is 106 Å². The summed E-state index contributed by atoms with van der Waals surface area (Å²) >= 11 is 0. The molecule has 4 nitrogen and oxygen atoms in total. The minimum absolute atomic E-state index is 0.0712. The van der Waals surface area contributed by atoms with Crippen LogP contribution < -0.4 is 11.5 Å². The quantitative estimate of drug-likeness (QED) is 0.0711. The lowest BCUT2D eigenvalue weighted by atomic mass is 9.67. The van der Waals surface area contributed by atoms with E-state index in [2.05, 4.69) is 50.2 Å². The van der Waals surface area contributed by atoms with Gasteiger partial charge in [0.2, 0.25) is 0 Å². The Hall–Kier alpha value is -3.92. The predicted octanol–water partition coefficient (Wildman–Crippen LogP) is 8.87. The highest BCUT2D eigenvalue weighted by Crippen LogP contribution is 2.57. The summed E-state index contributed by atoms with van der Waals surface area (Å²) in [5.41, 5.74) is 22.1. The number of aryl methyl sites for hydroxylation is 2. The Morgan fingerprint density at radius 3 is 1.37 bits per heavy atom. The molecule has 0 spiro atoms. The number of nitrogens with two attached hydrogens (primary N) is 2. The van der Waals surface area contributed by atoms with Crippen LogP contribution in [-0.4, -0.2) is 10.2 Å². The third-order valence-corrected chi connectivity index (χ3v) is 8.83. The molecule has 0 fully saturated rings. The molecule has 0 saturated heterocycles. The summed E-state index contributed by atoms with van der Waals surface area (Å²) in [6, 6.07) is 25.0. The molecule has 0 atom stereocenters. The summed E-state index contributed by atoms with van der Waals surface area (Å²) in [5.74, 6) is 0.142. The number of phenolic OH excluding ortho intramolecular Hbond substituents is 2. The Labute approximate surface area is 245 Å². The molecule has 1 aliphatic carbocycles. The average Bonchev–Trinajstić information content (AvgIpc) is 3.26. The van der Waals surface area contributed by atoms with Gasteiger partial charge in [-0.25, -0.2) is 0 Å². The van der Waals surface area contributed by atoms with E-state index in [0.29, 0.717) is 11.4 Å². The lowest BCUT2D eigenvalue weighted by molar-refractivity contribution is 0.477. The van der Waals surface area contributed by atoms with Crippen molar-refractivity contribution < 1.29 is 10.2 Å². The zero-order valence-corrected chi connectivity index (χ0v) is 24.5. The fraction of sp³-hybridized carbons (Fsp3) is 0.351. The Morgan fingerprint density at radius 2 is 0.976 bits per heavy atom. The monoisotopic (exact) mass is 548 g/mol. The number of fused-ring (bicyclic) bond motifs is 3. The van der Waals surface area contributed by atoms with Crippen molar-refractivity contribution in [1.29, 1.82) is 0 Å². The van der Waals surface area contributed by atoms with Crippen LogP contribution >= 0.6 is 0 Å². The van der Waals surface area contributed by atoms with Gasteiger partial charge < -0.3 is 21.7 Å². The van der Waals surface area contributed by atoms with Crippen LogP contribution in [0.2, 0.25) is 0 Å². The third-order valence-electron chi connectivity index (χ3n) is 8.83. The largest absolute Gasteiger partial charge is 0.506 e. The summed E-state index contributed by atoms with van der Waals surface area (Å²) < 4.78 is 0. The van der Waals surface area contributed by atoms with Gasteiger partial charge in [0, 0.05) is 0 Å². The first kappa shape index (κ1) is 28.6. The van der Waals surface area contributed by atoms with Gasteiger partial charge in [-0.15, -0.1) is 0 Å². The molecule has 0 amide bonds. The number of unbranched alkanes of at least 4 members (excludes halogenated alkanes) is 6. The molecule has 0 radical (unpaired) electrons. The zero-order chi connectivity index (χ0) is 29.0. The van der Waals surface area contributed by atoms with Gasteiger partial charge >= 0.3 is 0 Å². The van der Waals surface area contributed by atoms with Crippen molar-refractivity contribution in [2.75, 3.05) is 11.5 Å². The van der Waals surface area contributed by atoms with Gasteiger partial charge in [0.05, 0.1) is 16.8 Å². The molecule has 4 aromatic rings. The van der Waals surface area contributed by atoms with E-state index in [1.54, 1.807) is 12.1 Å². The van der Waals surface area contributed by atoms with E-state index in [4.69, 9.17) is 11.5 Å². The highest BCUT2D eigenvalue weighted by molar-refractivity contribution is 5.87. The first-order valence-electron chi connectivity index (χ1n) is 15.3. The van der Waals surface area contributed by atoms with Crippen molar-refractivity contribution in [3.63, 3.8) is 0 Å². The van der Waals surface area contributed by atoms with Crippen LogP contribution in [0.1, 0.15) is 98.6 Å². The molecule has 0 bridgehead atoms. The van der Waals surface area contributed by atoms with Gasteiger partial charge in [0.1, 0.15) is 11.5 Å². The summed E-state index contributed by atoms with van der Waals surface area (Å²) in [6.45, 7) is 4.48. The number of benzene rings is 4. The zero-order valence-electron chi connectivity index (χ0n) is 24.5. The Kier molecular flexibility index (Phi) is 8.58. The second-order valence-electron chi connectivity index (χ2n) is 11.7. The van der Waals surface area contributed by atoms with Crippen LogP contribution in [0.25, 0.3) is 11.1 Å². The summed E-state index contributed by atoms with van der Waals surface area (Å²) in [6.07, 6.45) is 11.8. The SMILES string of the molecule is CCCCCCc1ccc2c(c1)C(c1ccc(O)c(N)c1)(c1ccc(O)c(N)c1)c1cc(CCCCCC)ccc1-2. The molecular weight excluding hydrogens is 504 g/mol. The van der Waals surface area contributed by atoms with E-state index in [-0.39, 0.29) is 11.5 Å². The summed E-state index contributed by atoms with van der Waals surface area (Å²) in [4.78, 5) is 0. The molecular formula is C37H44N2O2. The second-order valence-corrected chi connectivity index (χ2v) is 11.7. The molecule has 4 heteroatoms. The molecule has 6 N–H and O–H groups in total. The van der Waals surface area contributed by atoms with E-state index in [9.17, 15) is 10.2 Å². The molecule has 0 heterocycles. The predicted molar refractivity (Wildman–Crippen MR) is 172 cm³/mol. The normalized spacial score (nSPS) is 13.2. The van der Waals surface area contributed by atoms with E-state index >= 15 is 0 Å². The van der Waals surface area contributed by atoms with Crippen LogP contribution in [0.5, 0.6) is 11.5 Å². The van der Waals surface area contributed by atoms with E-state index in [1.165, 1.54) is 71.9 Å². The maximum atomic E-state index is 10.4. The van der Waals surface area contributed by atoms with Crippen LogP contribution in [-0.2, 0) is 18.3 Å². The van der Waals surface area contributed by atoms with Crippen molar-refractivity contribution in [2.45, 2.75) is 83.5 Å². The first-order chi connectivity index (χ1) is 19.9. The number of hydrogen-bond donors (Lipinski definition) is 4. The molecule has 4 aromatic carbocycles. The van der Waals surface area contributed by atoms with Crippen LogP contribution in [0.4, 0.5) is 11.4 Å². The molecule has 0 unspecified atom stereocenters. The summed E-state index contributed by atoms with van der Waals surface area (Å²) in [7, 11) is 0. The van der Waals surface area contributed by atoms with Crippen molar-refractivity contribution in [3.8, 4) is 22.6 Å². The van der Waals surface area contributed by atoms with Crippen molar-refractivity contribution in [1.82, 2.24) is 0 Å². The smallest absolute Gasteiger partial charge is 0.138 e. The summed E-state index contributed by atoms with van der Waals surface area (Å²) in [5, 5.41) is 20.8. The molecule has 214 valence electrons. The molecule has 1 aliphatic rings. The van der Waals surface area contributed by atoms with Crippen LogP contribution in [0.3, 0.4) is 0 Å². The minimum atomic E-state index is -0.701. The van der Waals surface area contributed by atoms with Gasteiger partial charge in [0.25, 0.3) is 0 Å². The van der Waals surface area contributed by atoms with Gasteiger partial charge in [-0.3, -0.25) is 0 Å². The van der Waals surface area contributed by atoms with Gasteiger partial charge in [0.15, 0.2) is 0 Å². The van der Waals surface area contributed by atoms with Gasteiger partial charge in [-0.1, -0.05) is 101 Å². The number of hydrogen-bond acceptors (Lipinski definition) is 4. The Balaban J connectivity index is 1.76. The minimum Gasteiger partial charge on any atom is -0.506 e. The second kappa shape index (κ2) is 12.3. The van der Waals surface area contributed by atoms with E-state index in [1.807, 2.05) is 24.3 Å². The van der Waals surface area contributed by atoms with E-state index < -0.39 is 5.41 Å². The highest BCUT2D eigenvalue weighted by Gasteiger charge is 2.46. The lowest BCUT2D eigenvalue weighted by Crippen LogP contribution is -2.29. The number of phenols is 2. The van der Waals surface area contributed by atoms with E-state index in [0.717, 1.165) is 36.8 Å². The Morgan fingerprint density at radius 1 is 0.537 bits per heavy atom. The fourth-order valence-corrected chi connectivity index (χ4v) is 6.61. The maximum Gasteiger partial charge on any atom is 0.138 e. The maximum absolute atomic E-state index is 10.4. The first-order valence-corrected chi connectivity index (χ1v) is 15.3. The number of anilines is 2. The van der Waals surface area contributed by atoms with Crippen LogP contribution in [0, 0.1) is 0 Å². The average molecular weight is 549 g/mol. The van der Waals surface area contributed by atoms with Crippen molar-refractivity contribution in [2.24, 2.45) is 0 Å². The van der Waals surface area contributed by atoms with Crippen molar-refractivity contribution >= 4 is 11.4 Å². The molecule has 41 heavy (non-hydrogen) atoms. The topological polar surface area (TPSA) is 92.5 Å². The number of nitrogen functional groups attached to an aromatic ring is 2. The highest BCUT2D eigenvalue weighted by atomic mass is 16.3. The number of aromatic hydroxyl groups is 2. The fourth-order valence-electron chi connectivity index (χ4n) is 6.61. The molecule has 0 aromatic heterocycles. The lowest BCUT2D eigenvalue weighted by Gasteiger charge is -2.35. The molecule has 0 aliphatic heterocycles. The van der Waals surface area contributed by atoms with Gasteiger partial charge in [-0.2, -0.15) is 0 Å².